The van der Waals surface area contributed by atoms with Gasteiger partial charge >= 0.3 is 11.9 Å². The van der Waals surface area contributed by atoms with E-state index in [0.29, 0.717) is 51.7 Å². The lowest BCUT2D eigenvalue weighted by molar-refractivity contribution is -0.160. The van der Waals surface area contributed by atoms with Gasteiger partial charge < -0.3 is 33.2 Å². The van der Waals surface area contributed by atoms with Crippen molar-refractivity contribution < 1.29 is 47.5 Å². The van der Waals surface area contributed by atoms with Crippen molar-refractivity contribution in [2.45, 2.75) is 12.8 Å². The summed E-state index contributed by atoms with van der Waals surface area (Å²) in [5.41, 5.74) is 2.14. The normalized spacial score (nSPS) is 17.4. The number of benzene rings is 2. The molecular weight excluding hydrogens is 472 g/mol. The van der Waals surface area contributed by atoms with Crippen LogP contribution in [0.2, 0.25) is 0 Å². The molecule has 36 heavy (non-hydrogen) atoms. The summed E-state index contributed by atoms with van der Waals surface area (Å²) >= 11 is 0. The highest BCUT2D eigenvalue weighted by atomic mass is 16.7. The minimum Gasteiger partial charge on any atom is -0.493 e. The zero-order valence-corrected chi connectivity index (χ0v) is 20.3. The molecule has 10 heteroatoms. The van der Waals surface area contributed by atoms with Gasteiger partial charge in [-0.1, -0.05) is 0 Å². The first kappa shape index (κ1) is 24.9. The Hall–Kier alpha value is -4.21. The van der Waals surface area contributed by atoms with Gasteiger partial charge in [0, 0.05) is 11.5 Å². The number of aldehydes is 1. The lowest BCUT2D eigenvalue weighted by atomic mass is 9.71. The maximum atomic E-state index is 13.4. The molecule has 2 aromatic rings. The fourth-order valence-corrected chi connectivity index (χ4v) is 4.46. The summed E-state index contributed by atoms with van der Waals surface area (Å²) in [6, 6.07) is 6.95. The van der Waals surface area contributed by atoms with Gasteiger partial charge in [0.05, 0.1) is 33.9 Å². The van der Waals surface area contributed by atoms with Crippen molar-refractivity contribution in [3.63, 3.8) is 0 Å². The van der Waals surface area contributed by atoms with Crippen LogP contribution in [0.4, 0.5) is 0 Å². The molecular formula is C26H26O10. The zero-order chi connectivity index (χ0) is 25.8. The largest absolute Gasteiger partial charge is 0.493 e. The van der Waals surface area contributed by atoms with Crippen LogP contribution in [0.1, 0.15) is 29.5 Å². The number of ether oxygens (including phenoxy) is 7. The number of fused-ring (bicyclic) bond motifs is 2. The van der Waals surface area contributed by atoms with E-state index in [9.17, 15) is 14.4 Å². The predicted molar refractivity (Wildman–Crippen MR) is 126 cm³/mol. The van der Waals surface area contributed by atoms with Crippen LogP contribution >= 0.6 is 0 Å². The number of methoxy groups -OCH3 is 3. The summed E-state index contributed by atoms with van der Waals surface area (Å²) in [5.74, 6) is -1.09. The van der Waals surface area contributed by atoms with E-state index >= 15 is 0 Å². The van der Waals surface area contributed by atoms with Crippen molar-refractivity contribution in [2.75, 3.05) is 41.3 Å². The first-order valence-corrected chi connectivity index (χ1v) is 11.2. The fraction of sp³-hybridized carbons (Fsp3) is 0.346. The minimum atomic E-state index is -1.08. The Labute approximate surface area is 207 Å². The molecule has 0 aromatic heterocycles. The predicted octanol–water partition coefficient (Wildman–Crippen LogP) is 2.89. The zero-order valence-electron chi connectivity index (χ0n) is 20.3. The van der Waals surface area contributed by atoms with Crippen LogP contribution in [0.3, 0.4) is 0 Å². The van der Waals surface area contributed by atoms with Gasteiger partial charge in [0.15, 0.2) is 29.6 Å². The number of carbonyl (C=O) groups excluding carboxylic acids is 3. The van der Waals surface area contributed by atoms with Gasteiger partial charge in [-0.05, 0) is 54.0 Å². The second-order valence-corrected chi connectivity index (χ2v) is 7.92. The van der Waals surface area contributed by atoms with Crippen molar-refractivity contribution in [1.29, 1.82) is 0 Å². The molecule has 0 amide bonds. The van der Waals surface area contributed by atoms with E-state index in [1.807, 2.05) is 0 Å². The molecule has 2 atom stereocenters. The molecule has 2 aliphatic rings. The van der Waals surface area contributed by atoms with Gasteiger partial charge in [0.1, 0.15) is 6.29 Å². The van der Waals surface area contributed by atoms with Crippen molar-refractivity contribution >= 4 is 24.3 Å². The Morgan fingerprint density at radius 1 is 0.972 bits per heavy atom. The number of hydrogen-bond donors (Lipinski definition) is 0. The van der Waals surface area contributed by atoms with Crippen LogP contribution in [-0.4, -0.2) is 59.6 Å². The van der Waals surface area contributed by atoms with Crippen LogP contribution in [0, 0.1) is 5.92 Å². The van der Waals surface area contributed by atoms with Gasteiger partial charge in [0.25, 0.3) is 0 Å². The van der Waals surface area contributed by atoms with E-state index in [4.69, 9.17) is 33.2 Å². The molecule has 0 fully saturated rings. The first-order valence-electron chi connectivity index (χ1n) is 11.2. The van der Waals surface area contributed by atoms with Crippen molar-refractivity contribution in [3.8, 4) is 28.7 Å². The molecule has 1 aliphatic carbocycles. The SMILES string of the molecule is CCOC(=O)COC(=O)[C@@H]1C(C=O)=Cc2cc3c(cc2[C@H]1c1cc(OC)c(OC)c(OC)c1)OCO3. The summed E-state index contributed by atoms with van der Waals surface area (Å²) in [7, 11) is 4.45. The highest BCUT2D eigenvalue weighted by Gasteiger charge is 2.41. The molecule has 10 nitrogen and oxygen atoms in total. The highest BCUT2D eigenvalue weighted by molar-refractivity contribution is 5.96. The Kier molecular flexibility index (Phi) is 7.33. The quantitative estimate of drug-likeness (QED) is 0.377. The second-order valence-electron chi connectivity index (χ2n) is 7.92. The van der Waals surface area contributed by atoms with E-state index in [2.05, 4.69) is 0 Å². The lowest BCUT2D eigenvalue weighted by Crippen LogP contribution is -2.32. The topological polar surface area (TPSA) is 116 Å². The second kappa shape index (κ2) is 10.6. The number of hydrogen-bond acceptors (Lipinski definition) is 10. The van der Waals surface area contributed by atoms with E-state index < -0.39 is 30.4 Å². The van der Waals surface area contributed by atoms with Crippen LogP contribution in [0.15, 0.2) is 29.8 Å². The molecule has 0 saturated heterocycles. The van der Waals surface area contributed by atoms with Gasteiger partial charge in [-0.2, -0.15) is 0 Å². The standard InChI is InChI=1S/C26H26O10/c1-5-33-22(28)12-34-26(29)24-16(11-27)6-14-7-18-19(36-13-35-18)10-17(14)23(24)15-8-20(30-2)25(32-4)21(9-15)31-3/h6-11,23-24H,5,12-13H2,1-4H3/t23-,24-/m1/s1. The Morgan fingerprint density at radius 3 is 2.22 bits per heavy atom. The Balaban J connectivity index is 1.88. The average molecular weight is 498 g/mol. The molecule has 4 rings (SSSR count). The van der Waals surface area contributed by atoms with Crippen LogP contribution in [-0.2, 0) is 23.9 Å². The molecule has 0 N–H and O–H groups in total. The molecule has 0 spiro atoms. The van der Waals surface area contributed by atoms with Gasteiger partial charge in [-0.15, -0.1) is 0 Å². The number of carbonyl (C=O) groups is 3. The van der Waals surface area contributed by atoms with Crippen LogP contribution in [0.5, 0.6) is 28.7 Å². The summed E-state index contributed by atoms with van der Waals surface area (Å²) in [6.45, 7) is 1.28. The molecule has 0 unspecified atom stereocenters. The Morgan fingerprint density at radius 2 is 1.64 bits per heavy atom. The molecule has 190 valence electrons. The Bertz CT molecular complexity index is 1190. The maximum absolute atomic E-state index is 13.4. The molecule has 1 heterocycles. The lowest BCUT2D eigenvalue weighted by Gasteiger charge is -2.32. The third-order valence-electron chi connectivity index (χ3n) is 6.00. The third kappa shape index (κ3) is 4.53. The third-order valence-corrected chi connectivity index (χ3v) is 6.00. The van der Waals surface area contributed by atoms with E-state index in [0.717, 1.165) is 0 Å². The minimum absolute atomic E-state index is 0.0579. The average Bonchev–Trinajstić information content (AvgIpc) is 3.35. The van der Waals surface area contributed by atoms with Gasteiger partial charge in [-0.25, -0.2) is 4.79 Å². The van der Waals surface area contributed by atoms with E-state index in [1.165, 1.54) is 21.3 Å². The smallest absolute Gasteiger partial charge is 0.344 e. The van der Waals surface area contributed by atoms with Crippen molar-refractivity contribution in [2.24, 2.45) is 5.92 Å². The van der Waals surface area contributed by atoms with Crippen LogP contribution < -0.4 is 23.7 Å². The fourth-order valence-electron chi connectivity index (χ4n) is 4.46. The number of esters is 2. The molecule has 1 aliphatic heterocycles. The van der Waals surface area contributed by atoms with E-state index in [1.54, 1.807) is 37.3 Å². The first-order chi connectivity index (χ1) is 17.4. The maximum Gasteiger partial charge on any atom is 0.344 e. The van der Waals surface area contributed by atoms with E-state index in [-0.39, 0.29) is 19.0 Å². The number of rotatable bonds is 9. The summed E-state index contributed by atoms with van der Waals surface area (Å²) in [6.07, 6.45) is 2.21. The van der Waals surface area contributed by atoms with Gasteiger partial charge in [0.2, 0.25) is 12.5 Å². The van der Waals surface area contributed by atoms with Crippen LogP contribution in [0.25, 0.3) is 6.08 Å². The summed E-state index contributed by atoms with van der Waals surface area (Å²) in [5, 5.41) is 0. The monoisotopic (exact) mass is 498 g/mol. The van der Waals surface area contributed by atoms with Gasteiger partial charge in [-0.3, -0.25) is 9.59 Å². The van der Waals surface area contributed by atoms with Crippen molar-refractivity contribution in [3.05, 3.63) is 46.5 Å². The highest BCUT2D eigenvalue weighted by Crippen LogP contribution is 2.50. The summed E-state index contributed by atoms with van der Waals surface area (Å²) in [4.78, 5) is 37.4. The molecule has 2 aromatic carbocycles. The molecule has 0 radical (unpaired) electrons. The molecule has 0 saturated carbocycles. The molecule has 0 bridgehead atoms. The van der Waals surface area contributed by atoms with Crippen molar-refractivity contribution in [1.82, 2.24) is 0 Å². The summed E-state index contributed by atoms with van der Waals surface area (Å²) < 4.78 is 37.7.